The molecule has 1 atom stereocenters. The van der Waals surface area contributed by atoms with Gasteiger partial charge in [0, 0.05) is 24.8 Å². The van der Waals surface area contributed by atoms with Crippen LogP contribution < -0.4 is 19.1 Å². The smallest absolute Gasteiger partial charge is 0.244 e. The number of nitrogens with zero attached hydrogens (tertiary/aromatic N) is 1. The summed E-state index contributed by atoms with van der Waals surface area (Å²) in [5.41, 5.74) is 0.757. The van der Waals surface area contributed by atoms with Crippen LogP contribution in [0.15, 0.2) is 47.4 Å². The van der Waals surface area contributed by atoms with Gasteiger partial charge in [-0.2, -0.15) is 0 Å². The summed E-state index contributed by atoms with van der Waals surface area (Å²) < 4.78 is 53.2. The Bertz CT molecular complexity index is 935. The van der Waals surface area contributed by atoms with Crippen LogP contribution in [0, 0.1) is 5.82 Å². The Morgan fingerprint density at radius 2 is 1.93 bits per heavy atom. The Balaban J connectivity index is 1.53. The molecule has 144 valence electrons. The molecule has 1 N–H and O–H groups in total. The summed E-state index contributed by atoms with van der Waals surface area (Å²) in [5.74, 6) is 0.395. The SMILES string of the molecule is O=S(=O)(N[C@H]1CCCN(c2cccc(F)c2)C1)c1cccc2c1OCCO2. The predicted molar refractivity (Wildman–Crippen MR) is 99.4 cm³/mol. The third-order valence-electron chi connectivity index (χ3n) is 4.74. The summed E-state index contributed by atoms with van der Waals surface area (Å²) >= 11 is 0. The maximum absolute atomic E-state index is 13.5. The molecule has 0 spiro atoms. The highest BCUT2D eigenvalue weighted by molar-refractivity contribution is 7.89. The van der Waals surface area contributed by atoms with Gasteiger partial charge in [0.25, 0.3) is 0 Å². The van der Waals surface area contributed by atoms with Gasteiger partial charge in [-0.3, -0.25) is 0 Å². The van der Waals surface area contributed by atoms with Crippen molar-refractivity contribution in [3.05, 3.63) is 48.3 Å². The number of hydrogen-bond donors (Lipinski definition) is 1. The maximum Gasteiger partial charge on any atom is 0.244 e. The zero-order chi connectivity index (χ0) is 18.9. The van der Waals surface area contributed by atoms with Crippen molar-refractivity contribution >= 4 is 15.7 Å². The second-order valence-electron chi connectivity index (χ2n) is 6.67. The van der Waals surface area contributed by atoms with E-state index in [2.05, 4.69) is 4.72 Å². The van der Waals surface area contributed by atoms with Gasteiger partial charge >= 0.3 is 0 Å². The molecular formula is C19H21FN2O4S. The van der Waals surface area contributed by atoms with E-state index in [1.165, 1.54) is 18.2 Å². The van der Waals surface area contributed by atoms with Crippen LogP contribution >= 0.6 is 0 Å². The van der Waals surface area contributed by atoms with Crippen molar-refractivity contribution in [2.24, 2.45) is 0 Å². The highest BCUT2D eigenvalue weighted by Gasteiger charge is 2.29. The summed E-state index contributed by atoms with van der Waals surface area (Å²) in [6.45, 7) is 1.96. The third kappa shape index (κ3) is 3.86. The van der Waals surface area contributed by atoms with Gasteiger partial charge in [-0.05, 0) is 43.2 Å². The Kier molecular flexibility index (Phi) is 4.92. The Labute approximate surface area is 157 Å². The summed E-state index contributed by atoms with van der Waals surface area (Å²) in [7, 11) is -3.77. The van der Waals surface area contributed by atoms with Gasteiger partial charge in [-0.15, -0.1) is 0 Å². The molecule has 8 heteroatoms. The molecule has 4 rings (SSSR count). The van der Waals surface area contributed by atoms with E-state index in [0.29, 0.717) is 25.5 Å². The number of nitrogens with one attached hydrogen (secondary N) is 1. The standard InChI is InChI=1S/C19H21FN2O4S/c20-14-4-1-6-16(12-14)22-9-3-5-15(13-22)21-27(23,24)18-8-2-7-17-19(18)26-11-10-25-17/h1-2,4,6-8,12,15,21H,3,5,9-11,13H2/t15-/m0/s1. The van der Waals surface area contributed by atoms with E-state index in [0.717, 1.165) is 25.1 Å². The molecule has 0 aromatic heterocycles. The molecule has 2 aromatic carbocycles. The molecular weight excluding hydrogens is 371 g/mol. The molecule has 27 heavy (non-hydrogen) atoms. The van der Waals surface area contributed by atoms with Gasteiger partial charge in [-0.25, -0.2) is 17.5 Å². The zero-order valence-electron chi connectivity index (χ0n) is 14.7. The molecule has 1 fully saturated rings. The van der Waals surface area contributed by atoms with E-state index >= 15 is 0 Å². The van der Waals surface area contributed by atoms with Gasteiger partial charge in [0.2, 0.25) is 10.0 Å². The van der Waals surface area contributed by atoms with E-state index in [9.17, 15) is 12.8 Å². The van der Waals surface area contributed by atoms with E-state index in [1.807, 2.05) is 11.0 Å². The molecule has 0 bridgehead atoms. The summed E-state index contributed by atoms with van der Waals surface area (Å²) in [5, 5.41) is 0. The molecule has 2 aliphatic heterocycles. The number of rotatable bonds is 4. The highest BCUT2D eigenvalue weighted by Crippen LogP contribution is 2.36. The molecule has 1 saturated heterocycles. The van der Waals surface area contributed by atoms with Crippen LogP contribution in [0.4, 0.5) is 10.1 Å². The first kappa shape index (κ1) is 18.1. The Morgan fingerprint density at radius 3 is 2.78 bits per heavy atom. The quantitative estimate of drug-likeness (QED) is 0.866. The average molecular weight is 392 g/mol. The Hall–Kier alpha value is -2.32. The minimum absolute atomic E-state index is 0.0857. The largest absolute Gasteiger partial charge is 0.486 e. The number of hydrogen-bond acceptors (Lipinski definition) is 5. The molecule has 0 radical (unpaired) electrons. The predicted octanol–water partition coefficient (Wildman–Crippen LogP) is 2.54. The number of halogens is 1. The van der Waals surface area contributed by atoms with Crippen LogP contribution in [-0.4, -0.2) is 40.8 Å². The first-order valence-electron chi connectivity index (χ1n) is 8.94. The number of ether oxygens (including phenoxy) is 2. The van der Waals surface area contributed by atoms with Crippen LogP contribution in [0.5, 0.6) is 11.5 Å². The van der Waals surface area contributed by atoms with Crippen molar-refractivity contribution in [3.63, 3.8) is 0 Å². The van der Waals surface area contributed by atoms with Crippen molar-refractivity contribution in [1.82, 2.24) is 4.72 Å². The normalized spacial score (nSPS) is 19.7. The van der Waals surface area contributed by atoms with Gasteiger partial charge in [0.1, 0.15) is 23.9 Å². The van der Waals surface area contributed by atoms with Crippen LogP contribution in [-0.2, 0) is 10.0 Å². The third-order valence-corrected chi connectivity index (χ3v) is 6.28. The molecule has 0 amide bonds. The lowest BCUT2D eigenvalue weighted by Gasteiger charge is -2.34. The number of anilines is 1. The number of fused-ring (bicyclic) bond motifs is 1. The monoisotopic (exact) mass is 392 g/mol. The van der Waals surface area contributed by atoms with Crippen molar-refractivity contribution in [2.45, 2.75) is 23.8 Å². The van der Waals surface area contributed by atoms with Crippen LogP contribution in [0.25, 0.3) is 0 Å². The molecule has 2 aliphatic rings. The first-order chi connectivity index (χ1) is 13.0. The minimum Gasteiger partial charge on any atom is -0.486 e. The number of para-hydroxylation sites is 1. The van der Waals surface area contributed by atoms with Crippen molar-refractivity contribution in [2.75, 3.05) is 31.2 Å². The minimum atomic E-state index is -3.77. The molecule has 0 aliphatic carbocycles. The summed E-state index contributed by atoms with van der Waals surface area (Å²) in [4.78, 5) is 2.09. The van der Waals surface area contributed by atoms with Crippen molar-refractivity contribution in [1.29, 1.82) is 0 Å². The van der Waals surface area contributed by atoms with Gasteiger partial charge < -0.3 is 14.4 Å². The van der Waals surface area contributed by atoms with Gasteiger partial charge in [0.05, 0.1) is 0 Å². The maximum atomic E-state index is 13.5. The number of sulfonamides is 1. The number of piperidine rings is 1. The Morgan fingerprint density at radius 1 is 1.11 bits per heavy atom. The van der Waals surface area contributed by atoms with Crippen LogP contribution in [0.1, 0.15) is 12.8 Å². The van der Waals surface area contributed by atoms with Crippen LogP contribution in [0.3, 0.4) is 0 Å². The van der Waals surface area contributed by atoms with E-state index < -0.39 is 10.0 Å². The fourth-order valence-corrected chi connectivity index (χ4v) is 4.94. The lowest BCUT2D eigenvalue weighted by Crippen LogP contribution is -2.47. The average Bonchev–Trinajstić information content (AvgIpc) is 2.67. The van der Waals surface area contributed by atoms with E-state index in [-0.39, 0.29) is 22.5 Å². The fourth-order valence-electron chi connectivity index (χ4n) is 3.52. The fraction of sp³-hybridized carbons (Fsp3) is 0.368. The second kappa shape index (κ2) is 7.36. The van der Waals surface area contributed by atoms with Crippen LogP contribution in [0.2, 0.25) is 0 Å². The molecule has 6 nitrogen and oxygen atoms in total. The van der Waals surface area contributed by atoms with Gasteiger partial charge in [0.15, 0.2) is 11.5 Å². The lowest BCUT2D eigenvalue weighted by molar-refractivity contribution is 0.167. The molecule has 2 aromatic rings. The molecule has 2 heterocycles. The summed E-state index contributed by atoms with van der Waals surface area (Å²) in [6, 6.07) is 10.9. The highest BCUT2D eigenvalue weighted by atomic mass is 32.2. The van der Waals surface area contributed by atoms with E-state index in [4.69, 9.17) is 9.47 Å². The van der Waals surface area contributed by atoms with E-state index in [1.54, 1.807) is 18.2 Å². The zero-order valence-corrected chi connectivity index (χ0v) is 15.5. The topological polar surface area (TPSA) is 67.9 Å². The lowest BCUT2D eigenvalue weighted by atomic mass is 10.1. The summed E-state index contributed by atoms with van der Waals surface area (Å²) in [6.07, 6.45) is 1.54. The van der Waals surface area contributed by atoms with Crippen molar-refractivity contribution < 1.29 is 22.3 Å². The molecule has 0 unspecified atom stereocenters. The molecule has 0 saturated carbocycles. The first-order valence-corrected chi connectivity index (χ1v) is 10.4. The van der Waals surface area contributed by atoms with Gasteiger partial charge in [-0.1, -0.05) is 12.1 Å². The number of benzene rings is 2. The van der Waals surface area contributed by atoms with Crippen molar-refractivity contribution in [3.8, 4) is 11.5 Å². The second-order valence-corrected chi connectivity index (χ2v) is 8.35.